The van der Waals surface area contributed by atoms with E-state index in [1.54, 1.807) is 0 Å². The fourth-order valence-electron chi connectivity index (χ4n) is 3.38. The molecule has 25 heavy (non-hydrogen) atoms. The van der Waals surface area contributed by atoms with Gasteiger partial charge in [-0.2, -0.15) is 0 Å². The fraction of sp³-hybridized carbons (Fsp3) is 0.381. The summed E-state index contributed by atoms with van der Waals surface area (Å²) in [6.07, 6.45) is 0. The third kappa shape index (κ3) is 4.23. The molecule has 0 bridgehead atoms. The molecular formula is C21H25ClN2O. The highest BCUT2D eigenvalue weighted by atomic mass is 35.5. The first-order valence-electron chi connectivity index (χ1n) is 8.78. The molecule has 0 atom stereocenters. The number of amides is 1. The maximum Gasteiger partial charge on any atom is 0.232 e. The summed E-state index contributed by atoms with van der Waals surface area (Å²) in [5.74, 6) is 0.209. The number of carbonyl (C=O) groups is 1. The fourth-order valence-corrected chi connectivity index (χ4v) is 3.59. The van der Waals surface area contributed by atoms with Gasteiger partial charge in [0.1, 0.15) is 0 Å². The molecule has 1 aliphatic heterocycles. The lowest BCUT2D eigenvalue weighted by molar-refractivity contribution is -0.138. The van der Waals surface area contributed by atoms with Crippen molar-refractivity contribution in [2.45, 2.75) is 25.8 Å². The van der Waals surface area contributed by atoms with E-state index in [4.69, 9.17) is 11.6 Å². The van der Waals surface area contributed by atoms with Crippen LogP contribution < -0.4 is 0 Å². The Morgan fingerprint density at radius 3 is 2.32 bits per heavy atom. The van der Waals surface area contributed by atoms with Gasteiger partial charge in [-0.25, -0.2) is 0 Å². The van der Waals surface area contributed by atoms with Crippen LogP contribution in [0, 0.1) is 0 Å². The molecule has 3 nitrogen and oxygen atoms in total. The standard InChI is InChI=1S/C21H25ClN2O/c1-21(2,18-8-4-3-5-9-18)20(25)24-13-11-23(12-14-24)16-17-7-6-10-19(22)15-17/h3-10,15H,11-14,16H2,1-2H3. The predicted octanol–water partition coefficient (Wildman–Crippen LogP) is 3.96. The summed E-state index contributed by atoms with van der Waals surface area (Å²) < 4.78 is 0. The molecule has 1 amide bonds. The van der Waals surface area contributed by atoms with E-state index in [-0.39, 0.29) is 5.91 Å². The zero-order valence-corrected chi connectivity index (χ0v) is 15.7. The minimum atomic E-state index is -0.490. The Balaban J connectivity index is 1.59. The molecule has 0 radical (unpaired) electrons. The summed E-state index contributed by atoms with van der Waals surface area (Å²) in [7, 11) is 0. The molecule has 1 fully saturated rings. The van der Waals surface area contributed by atoms with Crippen LogP contribution in [0.25, 0.3) is 0 Å². The molecule has 1 heterocycles. The first-order chi connectivity index (χ1) is 12.0. The van der Waals surface area contributed by atoms with E-state index in [0.717, 1.165) is 43.3 Å². The average molecular weight is 357 g/mol. The molecule has 2 aromatic carbocycles. The SMILES string of the molecule is CC(C)(C(=O)N1CCN(Cc2cccc(Cl)c2)CC1)c1ccccc1. The Morgan fingerprint density at radius 1 is 1.00 bits per heavy atom. The van der Waals surface area contributed by atoms with Gasteiger partial charge in [0, 0.05) is 37.7 Å². The molecule has 4 heteroatoms. The second-order valence-corrected chi connectivity index (χ2v) is 7.63. The summed E-state index contributed by atoms with van der Waals surface area (Å²) in [4.78, 5) is 17.4. The minimum Gasteiger partial charge on any atom is -0.339 e. The molecule has 0 aliphatic carbocycles. The quantitative estimate of drug-likeness (QED) is 0.827. The van der Waals surface area contributed by atoms with E-state index in [0.29, 0.717) is 0 Å². The number of piperazine rings is 1. The van der Waals surface area contributed by atoms with Gasteiger partial charge in [-0.1, -0.05) is 54.1 Å². The highest BCUT2D eigenvalue weighted by Gasteiger charge is 2.34. The second kappa shape index (κ2) is 7.59. The molecular weight excluding hydrogens is 332 g/mol. The molecule has 132 valence electrons. The first kappa shape index (κ1) is 18.0. The Hall–Kier alpha value is -1.84. The Kier molecular flexibility index (Phi) is 5.45. The normalized spacial score (nSPS) is 16.0. The van der Waals surface area contributed by atoms with Crippen LogP contribution in [0.3, 0.4) is 0 Å². The molecule has 0 spiro atoms. The molecule has 0 N–H and O–H groups in total. The highest BCUT2D eigenvalue weighted by molar-refractivity contribution is 6.30. The number of hydrogen-bond acceptors (Lipinski definition) is 2. The van der Waals surface area contributed by atoms with Crippen LogP contribution in [0.2, 0.25) is 5.02 Å². The average Bonchev–Trinajstić information content (AvgIpc) is 2.62. The second-order valence-electron chi connectivity index (χ2n) is 7.19. The monoisotopic (exact) mass is 356 g/mol. The first-order valence-corrected chi connectivity index (χ1v) is 9.16. The van der Waals surface area contributed by atoms with Gasteiger partial charge >= 0.3 is 0 Å². The lowest BCUT2D eigenvalue weighted by Crippen LogP contribution is -2.52. The number of nitrogens with zero attached hydrogens (tertiary/aromatic N) is 2. The van der Waals surface area contributed by atoms with Crippen LogP contribution in [0.4, 0.5) is 0 Å². The Labute approximate surface area is 155 Å². The van der Waals surface area contributed by atoms with Crippen molar-refractivity contribution in [3.05, 3.63) is 70.7 Å². The highest BCUT2D eigenvalue weighted by Crippen LogP contribution is 2.26. The van der Waals surface area contributed by atoms with Crippen molar-refractivity contribution in [1.29, 1.82) is 0 Å². The number of hydrogen-bond donors (Lipinski definition) is 0. The van der Waals surface area contributed by atoms with Crippen LogP contribution in [0.1, 0.15) is 25.0 Å². The summed E-state index contributed by atoms with van der Waals surface area (Å²) in [5.41, 5.74) is 1.80. The van der Waals surface area contributed by atoms with Gasteiger partial charge in [0.2, 0.25) is 5.91 Å². The van der Waals surface area contributed by atoms with Crippen LogP contribution in [0.5, 0.6) is 0 Å². The third-order valence-corrected chi connectivity index (χ3v) is 5.22. The van der Waals surface area contributed by atoms with Gasteiger partial charge in [0.25, 0.3) is 0 Å². The van der Waals surface area contributed by atoms with E-state index in [1.807, 2.05) is 67.3 Å². The molecule has 0 aromatic heterocycles. The lowest BCUT2D eigenvalue weighted by atomic mass is 9.83. The third-order valence-electron chi connectivity index (χ3n) is 4.98. The van der Waals surface area contributed by atoms with E-state index < -0.39 is 5.41 Å². The van der Waals surface area contributed by atoms with E-state index in [1.165, 1.54) is 5.56 Å². The molecule has 3 rings (SSSR count). The van der Waals surface area contributed by atoms with E-state index in [9.17, 15) is 4.79 Å². The van der Waals surface area contributed by atoms with E-state index in [2.05, 4.69) is 11.0 Å². The summed E-state index contributed by atoms with van der Waals surface area (Å²) >= 11 is 6.06. The van der Waals surface area contributed by atoms with E-state index >= 15 is 0 Å². The van der Waals surface area contributed by atoms with Gasteiger partial charge < -0.3 is 4.90 Å². The van der Waals surface area contributed by atoms with Gasteiger partial charge in [-0.3, -0.25) is 9.69 Å². The van der Waals surface area contributed by atoms with Crippen molar-refractivity contribution in [2.75, 3.05) is 26.2 Å². The van der Waals surface area contributed by atoms with Crippen LogP contribution >= 0.6 is 11.6 Å². The predicted molar refractivity (Wildman–Crippen MR) is 103 cm³/mol. The Morgan fingerprint density at radius 2 is 1.68 bits per heavy atom. The van der Waals surface area contributed by atoms with Crippen LogP contribution in [-0.4, -0.2) is 41.9 Å². The zero-order valence-electron chi connectivity index (χ0n) is 14.9. The summed E-state index contributed by atoms with van der Waals surface area (Å²) in [6, 6.07) is 18.0. The number of benzene rings is 2. The molecule has 0 unspecified atom stereocenters. The van der Waals surface area contributed by atoms with Crippen molar-refractivity contribution < 1.29 is 4.79 Å². The summed E-state index contributed by atoms with van der Waals surface area (Å²) in [5, 5.41) is 0.774. The number of carbonyl (C=O) groups excluding carboxylic acids is 1. The molecule has 2 aromatic rings. The van der Waals surface area contributed by atoms with Crippen molar-refractivity contribution in [1.82, 2.24) is 9.80 Å². The minimum absolute atomic E-state index is 0.209. The lowest BCUT2D eigenvalue weighted by Gasteiger charge is -2.38. The van der Waals surface area contributed by atoms with Gasteiger partial charge in [0.05, 0.1) is 5.41 Å². The van der Waals surface area contributed by atoms with Gasteiger partial charge in [0.15, 0.2) is 0 Å². The Bertz CT molecular complexity index is 722. The van der Waals surface area contributed by atoms with Gasteiger partial charge in [-0.05, 0) is 37.1 Å². The number of halogens is 1. The van der Waals surface area contributed by atoms with Crippen molar-refractivity contribution in [3.63, 3.8) is 0 Å². The topological polar surface area (TPSA) is 23.6 Å². The molecule has 1 saturated heterocycles. The maximum atomic E-state index is 13.0. The molecule has 1 aliphatic rings. The maximum absolute atomic E-state index is 13.0. The van der Waals surface area contributed by atoms with Crippen molar-refractivity contribution in [3.8, 4) is 0 Å². The van der Waals surface area contributed by atoms with Crippen molar-refractivity contribution >= 4 is 17.5 Å². The number of rotatable bonds is 4. The smallest absolute Gasteiger partial charge is 0.232 e. The zero-order chi connectivity index (χ0) is 17.9. The van der Waals surface area contributed by atoms with Crippen molar-refractivity contribution in [2.24, 2.45) is 0 Å². The largest absolute Gasteiger partial charge is 0.339 e. The summed E-state index contributed by atoms with van der Waals surface area (Å²) in [6.45, 7) is 8.24. The van der Waals surface area contributed by atoms with Gasteiger partial charge in [-0.15, -0.1) is 0 Å². The van der Waals surface area contributed by atoms with Crippen LogP contribution in [0.15, 0.2) is 54.6 Å². The van der Waals surface area contributed by atoms with Crippen LogP contribution in [-0.2, 0) is 16.8 Å². The molecule has 0 saturated carbocycles.